The maximum Gasteiger partial charge on any atom is 0.251 e. The number of nitrogens with one attached hydrogen (secondary N) is 1. The van der Waals surface area contributed by atoms with Crippen LogP contribution in [-0.2, 0) is 16.2 Å². The van der Waals surface area contributed by atoms with Gasteiger partial charge < -0.3 is 19.3 Å². The molecule has 1 unspecified atom stereocenters. The van der Waals surface area contributed by atoms with Crippen LogP contribution in [0.3, 0.4) is 0 Å². The van der Waals surface area contributed by atoms with Gasteiger partial charge in [0.15, 0.2) is 0 Å². The number of likely N-dealkylation sites (tertiary alicyclic amines) is 1. The van der Waals surface area contributed by atoms with Gasteiger partial charge in [-0.05, 0) is 52.5 Å². The Kier molecular flexibility index (Phi) is 9.55. The molecule has 1 aliphatic heterocycles. The monoisotopic (exact) mass is 490 g/mol. The van der Waals surface area contributed by atoms with E-state index in [-0.39, 0.29) is 17.9 Å². The van der Waals surface area contributed by atoms with Crippen molar-refractivity contribution >= 4 is 40.5 Å². The van der Waals surface area contributed by atoms with Gasteiger partial charge in [-0.3, -0.25) is 4.79 Å². The first kappa shape index (κ1) is 26.3. The van der Waals surface area contributed by atoms with Gasteiger partial charge in [0.25, 0.3) is 5.91 Å². The van der Waals surface area contributed by atoms with Gasteiger partial charge in [0.2, 0.25) is 0 Å². The molecule has 1 heterocycles. The number of piperidine rings is 1. The van der Waals surface area contributed by atoms with Gasteiger partial charge in [0, 0.05) is 36.1 Å². The van der Waals surface area contributed by atoms with E-state index >= 15 is 0 Å². The second-order valence-electron chi connectivity index (χ2n) is 8.72. The van der Waals surface area contributed by atoms with Crippen molar-refractivity contribution in [2.45, 2.75) is 57.4 Å². The number of carbonyl (C=O) groups is 1. The van der Waals surface area contributed by atoms with E-state index in [1.165, 1.54) is 6.92 Å². The molecule has 0 aliphatic carbocycles. The molecule has 0 radical (unpaired) electrons. The minimum atomic E-state index is -1.34. The third-order valence-corrected chi connectivity index (χ3v) is 7.52. The van der Waals surface area contributed by atoms with E-state index in [1.54, 1.807) is 23.1 Å². The number of halogens is 2. The summed E-state index contributed by atoms with van der Waals surface area (Å²) < 4.78 is 21.7. The Labute approximate surface area is 198 Å². The number of hydrogen-bond acceptors (Lipinski definition) is 5. The smallest absolute Gasteiger partial charge is 0.251 e. The van der Waals surface area contributed by atoms with E-state index in [2.05, 4.69) is 11.3 Å². The van der Waals surface area contributed by atoms with Crippen LogP contribution in [-0.4, -0.2) is 51.0 Å². The number of carbonyl (C=O) groups excluding carboxylic acids is 1. The highest BCUT2D eigenvalue weighted by molar-refractivity contribution is 7.90. The lowest BCUT2D eigenvalue weighted by Crippen LogP contribution is -2.48. The number of ether oxygens (including phenoxy) is 1. The summed E-state index contributed by atoms with van der Waals surface area (Å²) in [5.41, 5.74) is 0.772. The van der Waals surface area contributed by atoms with E-state index < -0.39 is 22.2 Å². The van der Waals surface area contributed by atoms with Crippen LogP contribution in [0.1, 0.15) is 52.1 Å². The quantitative estimate of drug-likeness (QED) is 0.419. The molecule has 0 saturated carbocycles. The molecule has 3 atom stereocenters. The molecule has 31 heavy (non-hydrogen) atoms. The number of aliphatic hydroxyl groups excluding tert-OH is 1. The molecule has 2 N–H and O–H groups in total. The van der Waals surface area contributed by atoms with Crippen LogP contribution in [0.4, 0.5) is 0 Å². The van der Waals surface area contributed by atoms with E-state index in [1.807, 2.05) is 20.8 Å². The first-order chi connectivity index (χ1) is 14.5. The van der Waals surface area contributed by atoms with Gasteiger partial charge in [0.1, 0.15) is 23.2 Å². The Balaban J connectivity index is 2.37. The molecule has 2 rings (SSSR count). The zero-order valence-electron chi connectivity index (χ0n) is 18.5. The standard InChI is InChI=1S/C22H32Cl2N2O4S/c1-6-11-30-19-13-18(24)17(23)12-16(19)20(25-31(29)22(3,4)5)15-7-9-26(10-8-15)21(28)14(2)27/h6,12-15,20,25,27H,1,7-11H2,2-5H3/t14-,20+,31?/m0/s1. The first-order valence-corrected chi connectivity index (χ1v) is 12.2. The zero-order chi connectivity index (χ0) is 23.3. The van der Waals surface area contributed by atoms with Crippen molar-refractivity contribution in [3.8, 4) is 5.75 Å². The zero-order valence-corrected chi connectivity index (χ0v) is 20.8. The van der Waals surface area contributed by atoms with Crippen LogP contribution in [0.5, 0.6) is 5.75 Å². The summed E-state index contributed by atoms with van der Waals surface area (Å²) in [6.45, 7) is 12.2. The van der Waals surface area contributed by atoms with Crippen molar-refractivity contribution in [2.24, 2.45) is 5.92 Å². The van der Waals surface area contributed by atoms with Gasteiger partial charge in [0.05, 0.1) is 16.1 Å². The average molecular weight is 491 g/mol. The second-order valence-corrected chi connectivity index (χ2v) is 11.5. The SMILES string of the molecule is C=CCOc1cc(Cl)c(Cl)cc1[C@H](N[S+]([O-])C(C)(C)C)C1CCN(C(=O)[C@H](C)O)CC1. The fourth-order valence-electron chi connectivity index (χ4n) is 3.48. The number of nitrogens with zero attached hydrogens (tertiary/aromatic N) is 1. The molecule has 1 aromatic carbocycles. The third-order valence-electron chi connectivity index (χ3n) is 5.21. The number of benzene rings is 1. The summed E-state index contributed by atoms with van der Waals surface area (Å²) in [6.07, 6.45) is 1.98. The van der Waals surface area contributed by atoms with Crippen LogP contribution < -0.4 is 9.46 Å². The summed E-state index contributed by atoms with van der Waals surface area (Å²) in [7, 11) is 0. The highest BCUT2D eigenvalue weighted by Gasteiger charge is 2.37. The van der Waals surface area contributed by atoms with Crippen LogP contribution in [0, 0.1) is 5.92 Å². The largest absolute Gasteiger partial charge is 0.598 e. The van der Waals surface area contributed by atoms with Crippen molar-refractivity contribution < 1.29 is 19.2 Å². The summed E-state index contributed by atoms with van der Waals surface area (Å²) in [4.78, 5) is 13.8. The van der Waals surface area contributed by atoms with Crippen molar-refractivity contribution in [2.75, 3.05) is 19.7 Å². The highest BCUT2D eigenvalue weighted by Crippen LogP contribution is 2.40. The Bertz CT molecular complexity index is 778. The minimum Gasteiger partial charge on any atom is -0.598 e. The Morgan fingerprint density at radius 1 is 1.39 bits per heavy atom. The van der Waals surface area contributed by atoms with Gasteiger partial charge >= 0.3 is 0 Å². The first-order valence-electron chi connectivity index (χ1n) is 10.3. The van der Waals surface area contributed by atoms with Gasteiger partial charge in [-0.1, -0.05) is 35.9 Å². The average Bonchev–Trinajstić information content (AvgIpc) is 2.71. The van der Waals surface area contributed by atoms with Crippen molar-refractivity contribution in [1.29, 1.82) is 0 Å². The molecule has 1 fully saturated rings. The van der Waals surface area contributed by atoms with Gasteiger partial charge in [-0.2, -0.15) is 0 Å². The van der Waals surface area contributed by atoms with Crippen LogP contribution in [0.2, 0.25) is 10.0 Å². The van der Waals surface area contributed by atoms with Crippen LogP contribution >= 0.6 is 23.2 Å². The van der Waals surface area contributed by atoms with Gasteiger partial charge in [-0.25, -0.2) is 0 Å². The van der Waals surface area contributed by atoms with E-state index in [0.29, 0.717) is 48.3 Å². The molecule has 0 spiro atoms. The maximum atomic E-state index is 13.0. The molecule has 1 aromatic rings. The summed E-state index contributed by atoms with van der Waals surface area (Å²) >= 11 is 11.2. The lowest BCUT2D eigenvalue weighted by Gasteiger charge is -2.38. The normalized spacial score (nSPS) is 18.4. The number of amides is 1. The number of rotatable bonds is 8. The Morgan fingerprint density at radius 3 is 2.48 bits per heavy atom. The van der Waals surface area contributed by atoms with E-state index in [9.17, 15) is 14.5 Å². The fourth-order valence-corrected chi connectivity index (χ4v) is 4.71. The predicted molar refractivity (Wildman–Crippen MR) is 127 cm³/mol. The molecular formula is C22H32Cl2N2O4S. The second kappa shape index (κ2) is 11.3. The predicted octanol–water partition coefficient (Wildman–Crippen LogP) is 4.27. The van der Waals surface area contributed by atoms with Crippen LogP contribution in [0.25, 0.3) is 0 Å². The number of aliphatic hydroxyl groups is 1. The maximum absolute atomic E-state index is 13.0. The van der Waals surface area contributed by atoms with Crippen molar-refractivity contribution in [3.63, 3.8) is 0 Å². The molecular weight excluding hydrogens is 459 g/mol. The summed E-state index contributed by atoms with van der Waals surface area (Å²) in [5, 5.41) is 10.4. The molecule has 174 valence electrons. The number of hydrogen-bond donors (Lipinski definition) is 2. The third kappa shape index (κ3) is 7.01. The van der Waals surface area contributed by atoms with E-state index in [4.69, 9.17) is 27.9 Å². The Morgan fingerprint density at radius 2 is 1.97 bits per heavy atom. The lowest BCUT2D eigenvalue weighted by molar-refractivity contribution is -0.140. The molecule has 9 heteroatoms. The van der Waals surface area contributed by atoms with E-state index in [0.717, 1.165) is 5.56 Å². The molecule has 1 aliphatic rings. The Hall–Kier alpha value is -0.960. The topological polar surface area (TPSA) is 84.9 Å². The fraction of sp³-hybridized carbons (Fsp3) is 0.591. The molecule has 1 saturated heterocycles. The molecule has 0 bridgehead atoms. The lowest BCUT2D eigenvalue weighted by atomic mass is 9.85. The molecule has 6 nitrogen and oxygen atoms in total. The van der Waals surface area contributed by atoms with Gasteiger partial charge in [-0.15, -0.1) is 4.72 Å². The molecule has 0 aromatic heterocycles. The molecule has 1 amide bonds. The summed E-state index contributed by atoms with van der Waals surface area (Å²) in [6, 6.07) is 3.11. The minimum absolute atomic E-state index is 0.0765. The summed E-state index contributed by atoms with van der Waals surface area (Å²) in [5.74, 6) is 0.360. The van der Waals surface area contributed by atoms with Crippen LogP contribution in [0.15, 0.2) is 24.8 Å². The van der Waals surface area contributed by atoms with Crippen molar-refractivity contribution in [3.05, 3.63) is 40.4 Å². The van der Waals surface area contributed by atoms with Crippen molar-refractivity contribution in [1.82, 2.24) is 9.62 Å². The highest BCUT2D eigenvalue weighted by atomic mass is 35.5.